The summed E-state index contributed by atoms with van der Waals surface area (Å²) in [6, 6.07) is 12.0. The topological polar surface area (TPSA) is 98.2 Å². The Kier molecular flexibility index (Phi) is 7.71. The van der Waals surface area contributed by atoms with Crippen molar-refractivity contribution >= 4 is 23.2 Å². The quantitative estimate of drug-likeness (QED) is 0.432. The van der Waals surface area contributed by atoms with E-state index in [-0.39, 0.29) is 25.0 Å². The van der Waals surface area contributed by atoms with Crippen LogP contribution in [0.25, 0.3) is 0 Å². The lowest BCUT2D eigenvalue weighted by Crippen LogP contribution is -2.50. The van der Waals surface area contributed by atoms with Crippen LogP contribution < -0.4 is 9.47 Å². The number of hydrogen-bond acceptors (Lipinski definition) is 7. The number of thiazole rings is 1. The highest BCUT2D eigenvalue weighted by Crippen LogP contribution is 2.40. The van der Waals surface area contributed by atoms with Crippen molar-refractivity contribution in [2.45, 2.75) is 63.5 Å². The van der Waals surface area contributed by atoms with E-state index in [4.69, 9.17) is 14.2 Å². The summed E-state index contributed by atoms with van der Waals surface area (Å²) in [5.41, 5.74) is 4.04. The smallest absolute Gasteiger partial charge is 0.326 e. The molecular formula is C28H30N2O6S. The minimum absolute atomic E-state index is 0.00878. The van der Waals surface area contributed by atoms with Crippen molar-refractivity contribution in [3.63, 3.8) is 0 Å². The van der Waals surface area contributed by atoms with Crippen molar-refractivity contribution in [3.8, 4) is 11.5 Å². The van der Waals surface area contributed by atoms with Crippen LogP contribution in [0.2, 0.25) is 0 Å². The molecule has 2 atom stereocenters. The summed E-state index contributed by atoms with van der Waals surface area (Å²) < 4.78 is 18.0. The Morgan fingerprint density at radius 2 is 1.95 bits per heavy atom. The standard InChI is InChI=1S/C28H30N2O6S/c1-34-24-12-11-19-15-30(23(28(32)33)13-22(19)26(24)35-16-21-14-29-17-37-21)27(31)25(18-7-3-2-4-8-18)36-20-9-5-6-10-20/h2-4,7-8,11-12,14,17,20,23,25H,5-6,9-10,13,15-16H2,1H3,(H,32,33)/t23-,25+/m1/s1. The lowest BCUT2D eigenvalue weighted by atomic mass is 9.91. The molecule has 1 aliphatic carbocycles. The first-order valence-electron chi connectivity index (χ1n) is 12.5. The molecule has 3 aromatic rings. The average Bonchev–Trinajstić information content (AvgIpc) is 3.64. The SMILES string of the molecule is COc1ccc2c(c1OCc1cncs1)C[C@H](C(=O)O)N(C(=O)[C@@H](OC1CCCC1)c1ccccc1)C2. The van der Waals surface area contributed by atoms with Crippen LogP contribution in [0.4, 0.5) is 0 Å². The Balaban J connectivity index is 1.46. The molecule has 1 aliphatic heterocycles. The van der Waals surface area contributed by atoms with Gasteiger partial charge in [0, 0.05) is 24.7 Å². The van der Waals surface area contributed by atoms with Crippen LogP contribution in [0.1, 0.15) is 53.4 Å². The monoisotopic (exact) mass is 522 g/mol. The third-order valence-electron chi connectivity index (χ3n) is 7.02. The van der Waals surface area contributed by atoms with Crippen molar-refractivity contribution in [2.75, 3.05) is 7.11 Å². The maximum absolute atomic E-state index is 14.0. The van der Waals surface area contributed by atoms with Gasteiger partial charge in [-0.1, -0.05) is 49.2 Å². The third-order valence-corrected chi connectivity index (χ3v) is 7.78. The molecule has 194 valence electrons. The number of nitrogens with zero attached hydrogens (tertiary/aromatic N) is 2. The van der Waals surface area contributed by atoms with Crippen molar-refractivity contribution in [1.82, 2.24) is 9.88 Å². The first-order valence-corrected chi connectivity index (χ1v) is 13.4. The van der Waals surface area contributed by atoms with Gasteiger partial charge < -0.3 is 24.2 Å². The minimum Gasteiger partial charge on any atom is -0.493 e. The number of amides is 1. The van der Waals surface area contributed by atoms with Crippen LogP contribution >= 0.6 is 11.3 Å². The van der Waals surface area contributed by atoms with Crippen LogP contribution in [0.15, 0.2) is 54.2 Å². The Morgan fingerprint density at radius 1 is 1.16 bits per heavy atom. The normalized spacial score (nSPS) is 18.3. The van der Waals surface area contributed by atoms with Gasteiger partial charge in [-0.15, -0.1) is 11.3 Å². The summed E-state index contributed by atoms with van der Waals surface area (Å²) in [6.07, 6.45) is 4.93. The average molecular weight is 523 g/mol. The van der Waals surface area contributed by atoms with E-state index < -0.39 is 18.1 Å². The van der Waals surface area contributed by atoms with E-state index in [0.717, 1.165) is 47.3 Å². The number of benzene rings is 2. The number of ether oxygens (including phenoxy) is 3. The second-order valence-electron chi connectivity index (χ2n) is 9.35. The zero-order valence-corrected chi connectivity index (χ0v) is 21.5. The predicted octanol–water partition coefficient (Wildman–Crippen LogP) is 4.77. The van der Waals surface area contributed by atoms with Gasteiger partial charge in [0.1, 0.15) is 12.6 Å². The van der Waals surface area contributed by atoms with Crippen LogP contribution in [0.5, 0.6) is 11.5 Å². The molecule has 8 nitrogen and oxygen atoms in total. The third kappa shape index (κ3) is 5.47. The van der Waals surface area contributed by atoms with Crippen LogP contribution in [0.3, 0.4) is 0 Å². The summed E-state index contributed by atoms with van der Waals surface area (Å²) in [7, 11) is 1.55. The summed E-state index contributed by atoms with van der Waals surface area (Å²) in [5.74, 6) is -0.366. The molecule has 1 saturated carbocycles. The molecule has 2 aromatic carbocycles. The molecule has 9 heteroatoms. The minimum atomic E-state index is -1.07. The van der Waals surface area contributed by atoms with Gasteiger partial charge in [0.25, 0.3) is 5.91 Å². The van der Waals surface area contributed by atoms with Gasteiger partial charge in [0.2, 0.25) is 0 Å². The van der Waals surface area contributed by atoms with Gasteiger partial charge in [0.05, 0.1) is 23.6 Å². The van der Waals surface area contributed by atoms with Gasteiger partial charge in [-0.05, 0) is 30.0 Å². The maximum atomic E-state index is 14.0. The van der Waals surface area contributed by atoms with Gasteiger partial charge in [0.15, 0.2) is 17.6 Å². The molecular weight excluding hydrogens is 492 g/mol. The fourth-order valence-electron chi connectivity index (χ4n) is 5.12. The number of hydrogen-bond donors (Lipinski definition) is 1. The zero-order valence-electron chi connectivity index (χ0n) is 20.7. The van der Waals surface area contributed by atoms with Gasteiger partial charge in [-0.2, -0.15) is 0 Å². The number of carboxylic acid groups (broad SMARTS) is 1. The number of carbonyl (C=O) groups excluding carboxylic acids is 1. The molecule has 0 saturated heterocycles. The van der Waals surface area contributed by atoms with E-state index in [1.807, 2.05) is 36.4 Å². The molecule has 2 heterocycles. The van der Waals surface area contributed by atoms with Gasteiger partial charge in [-0.3, -0.25) is 9.78 Å². The predicted molar refractivity (Wildman–Crippen MR) is 138 cm³/mol. The molecule has 2 aliphatic rings. The molecule has 0 unspecified atom stereocenters. The second kappa shape index (κ2) is 11.3. The zero-order chi connectivity index (χ0) is 25.8. The summed E-state index contributed by atoms with van der Waals surface area (Å²) in [4.78, 5) is 32.9. The number of methoxy groups -OCH3 is 1. The van der Waals surface area contributed by atoms with Gasteiger partial charge in [-0.25, -0.2) is 4.79 Å². The fourth-order valence-corrected chi connectivity index (χ4v) is 5.62. The van der Waals surface area contributed by atoms with E-state index in [1.54, 1.807) is 24.9 Å². The highest BCUT2D eigenvalue weighted by Gasteiger charge is 2.41. The fraction of sp³-hybridized carbons (Fsp3) is 0.393. The molecule has 37 heavy (non-hydrogen) atoms. The molecule has 0 bridgehead atoms. The lowest BCUT2D eigenvalue weighted by Gasteiger charge is -2.37. The molecule has 1 fully saturated rings. The molecule has 1 N–H and O–H groups in total. The largest absolute Gasteiger partial charge is 0.493 e. The summed E-state index contributed by atoms with van der Waals surface area (Å²) >= 11 is 1.48. The van der Waals surface area contributed by atoms with Crippen LogP contribution in [0, 0.1) is 0 Å². The van der Waals surface area contributed by atoms with Crippen molar-refractivity contribution < 1.29 is 28.9 Å². The number of carbonyl (C=O) groups is 2. The Bertz CT molecular complexity index is 1230. The number of carboxylic acids is 1. The molecule has 1 amide bonds. The van der Waals surface area contributed by atoms with E-state index >= 15 is 0 Å². The second-order valence-corrected chi connectivity index (χ2v) is 10.3. The molecule has 0 radical (unpaired) electrons. The number of aromatic nitrogens is 1. The van der Waals surface area contributed by atoms with Crippen molar-refractivity contribution in [3.05, 3.63) is 75.7 Å². The van der Waals surface area contributed by atoms with Crippen LogP contribution in [-0.2, 0) is 33.9 Å². The highest BCUT2D eigenvalue weighted by atomic mass is 32.1. The van der Waals surface area contributed by atoms with E-state index in [2.05, 4.69) is 4.98 Å². The van der Waals surface area contributed by atoms with Crippen LogP contribution in [-0.4, -0.2) is 46.1 Å². The Morgan fingerprint density at radius 3 is 2.62 bits per heavy atom. The van der Waals surface area contributed by atoms with Crippen molar-refractivity contribution in [1.29, 1.82) is 0 Å². The molecule has 0 spiro atoms. The molecule has 5 rings (SSSR count). The maximum Gasteiger partial charge on any atom is 0.326 e. The molecule has 1 aromatic heterocycles. The highest BCUT2D eigenvalue weighted by molar-refractivity contribution is 7.09. The first kappa shape index (κ1) is 25.2. The van der Waals surface area contributed by atoms with Crippen molar-refractivity contribution in [2.24, 2.45) is 0 Å². The summed E-state index contributed by atoms with van der Waals surface area (Å²) in [6.45, 7) is 0.437. The Hall–Kier alpha value is -3.43. The van der Waals surface area contributed by atoms with E-state index in [1.165, 1.54) is 16.2 Å². The van der Waals surface area contributed by atoms with Gasteiger partial charge >= 0.3 is 5.97 Å². The number of fused-ring (bicyclic) bond motifs is 1. The number of aliphatic carboxylic acids is 1. The number of rotatable bonds is 9. The lowest BCUT2D eigenvalue weighted by molar-refractivity contribution is -0.160. The Labute approximate surface area is 219 Å². The summed E-state index contributed by atoms with van der Waals surface area (Å²) in [5, 5.41) is 10.2. The van der Waals surface area contributed by atoms with E-state index in [9.17, 15) is 14.7 Å². The first-order chi connectivity index (χ1) is 18.0. The van der Waals surface area contributed by atoms with E-state index in [0.29, 0.717) is 18.1 Å².